The second-order valence-electron chi connectivity index (χ2n) is 4.70. The summed E-state index contributed by atoms with van der Waals surface area (Å²) < 4.78 is 0.371. The minimum Gasteiger partial charge on any atom is -0.412 e. The summed E-state index contributed by atoms with van der Waals surface area (Å²) >= 11 is 9.44. The number of thiocarbonyl (C=S) groups is 1. The molecule has 0 spiro atoms. The summed E-state index contributed by atoms with van der Waals surface area (Å²) in [5.41, 5.74) is 0. The van der Waals surface area contributed by atoms with Gasteiger partial charge in [0.05, 0.1) is 31.8 Å². The molecule has 0 aliphatic heterocycles. The number of aliphatic hydroxyl groups is 1. The Morgan fingerprint density at radius 1 is 1.22 bits per heavy atom. The minimum atomic E-state index is -0.260. The van der Waals surface area contributed by atoms with Gasteiger partial charge in [-0.25, -0.2) is 0 Å². The topological polar surface area (TPSA) is 36.7 Å². The molecule has 0 aromatic heterocycles. The normalized spacial score (nSPS) is 23.2. The third-order valence-electron chi connectivity index (χ3n) is 3.53. The van der Waals surface area contributed by atoms with Gasteiger partial charge < -0.3 is 40.2 Å². The lowest BCUT2D eigenvalue weighted by atomic mass is 9.93. The highest BCUT2D eigenvalue weighted by Crippen LogP contribution is 2.18. The van der Waals surface area contributed by atoms with Gasteiger partial charge in [-0.1, -0.05) is 17.2 Å². The Labute approximate surface area is 123 Å². The fourth-order valence-electron chi connectivity index (χ4n) is 2.18. The first-order chi connectivity index (χ1) is 8.54. The third kappa shape index (κ3) is 8.19. The van der Waals surface area contributed by atoms with Crippen LogP contribution in [0.25, 0.3) is 0 Å². The summed E-state index contributed by atoms with van der Waals surface area (Å²) in [5.74, 6) is 0. The zero-order valence-electron chi connectivity index (χ0n) is 11.9. The molecule has 1 aliphatic carbocycles. The van der Waals surface area contributed by atoms with E-state index >= 15 is 0 Å². The van der Waals surface area contributed by atoms with Gasteiger partial charge in [0.2, 0.25) is 0 Å². The zero-order valence-corrected chi connectivity index (χ0v) is 13.5. The molecule has 0 bridgehead atoms. The molecule has 0 aromatic rings. The van der Waals surface area contributed by atoms with E-state index in [9.17, 15) is 5.11 Å². The Hall–Kier alpha value is 0.0300. The van der Waals surface area contributed by atoms with Gasteiger partial charge in [-0.3, -0.25) is 0 Å². The van der Waals surface area contributed by atoms with Crippen LogP contribution in [-0.4, -0.2) is 41.2 Å². The molecule has 2 unspecified atom stereocenters. The maximum Gasteiger partial charge on any atom is 0.0742 e. The Balaban J connectivity index is 0.000000360. The summed E-state index contributed by atoms with van der Waals surface area (Å²) in [4.78, 5) is 1.68. The standard InChI is InChI=1S/C7H13NOS2.C6H15N/c9-6-4-2-1-3-5(6)8-7(10)11;1-4-7(5-2)6-3/h5-6,9H,1-4H2,(H2,8,10,11);4-6H2,1-3H3. The fourth-order valence-corrected chi connectivity index (χ4v) is 2.48. The number of nitrogens with one attached hydrogen (secondary N) is 2. The monoisotopic (exact) mass is 292 g/mol. The van der Waals surface area contributed by atoms with Gasteiger partial charge >= 0.3 is 0 Å². The molecule has 3 nitrogen and oxygen atoms in total. The van der Waals surface area contributed by atoms with Gasteiger partial charge in [0.1, 0.15) is 0 Å². The maximum absolute atomic E-state index is 9.45. The van der Waals surface area contributed by atoms with Crippen LogP contribution in [0.4, 0.5) is 0 Å². The molecule has 0 saturated heterocycles. The first-order valence-electron chi connectivity index (χ1n) is 7.04. The number of rotatable bonds is 4. The molecular formula is C13H28N2OS2. The predicted molar refractivity (Wildman–Crippen MR) is 83.9 cm³/mol. The quantitative estimate of drug-likeness (QED) is 0.525. The average Bonchev–Trinajstić information content (AvgIpc) is 2.35. The van der Waals surface area contributed by atoms with Crippen molar-refractivity contribution in [1.82, 2.24) is 5.32 Å². The molecule has 2 atom stereocenters. The molecule has 108 valence electrons. The Bertz CT molecular complexity index is 218. The molecule has 1 aliphatic rings. The number of aliphatic hydroxyl groups excluding tert-OH is 1. The predicted octanol–water partition coefficient (Wildman–Crippen LogP) is 0.642. The van der Waals surface area contributed by atoms with Gasteiger partial charge in [0.25, 0.3) is 0 Å². The molecule has 1 rings (SSSR count). The van der Waals surface area contributed by atoms with Crippen LogP contribution < -0.4 is 10.2 Å². The summed E-state index contributed by atoms with van der Waals surface area (Å²) in [6.07, 6.45) is 3.87. The largest absolute Gasteiger partial charge is 0.412 e. The molecule has 5 heteroatoms. The van der Waals surface area contributed by atoms with Crippen molar-refractivity contribution in [3.63, 3.8) is 0 Å². The van der Waals surface area contributed by atoms with Gasteiger partial charge in [-0.15, -0.1) is 0 Å². The molecule has 3 N–H and O–H groups in total. The molecule has 1 saturated carbocycles. The lowest BCUT2D eigenvalue weighted by molar-refractivity contribution is -0.894. The van der Waals surface area contributed by atoms with Gasteiger partial charge in [0, 0.05) is 0 Å². The Morgan fingerprint density at radius 3 is 2.06 bits per heavy atom. The van der Waals surface area contributed by atoms with Crippen molar-refractivity contribution < 1.29 is 10.0 Å². The maximum atomic E-state index is 9.45. The van der Waals surface area contributed by atoms with Crippen LogP contribution in [0, 0.1) is 0 Å². The molecule has 1 fully saturated rings. The van der Waals surface area contributed by atoms with Crippen LogP contribution in [0.2, 0.25) is 0 Å². The van der Waals surface area contributed by atoms with Crippen LogP contribution in [0.1, 0.15) is 46.5 Å². The highest BCUT2D eigenvalue weighted by Gasteiger charge is 2.21. The van der Waals surface area contributed by atoms with Crippen molar-refractivity contribution in [2.75, 3.05) is 19.6 Å². The van der Waals surface area contributed by atoms with E-state index in [0.29, 0.717) is 4.32 Å². The minimum absolute atomic E-state index is 0.105. The van der Waals surface area contributed by atoms with E-state index in [1.807, 2.05) is 0 Å². The van der Waals surface area contributed by atoms with Gasteiger partial charge in [-0.05, 0) is 33.6 Å². The van der Waals surface area contributed by atoms with Crippen molar-refractivity contribution in [2.45, 2.75) is 58.6 Å². The average molecular weight is 293 g/mol. The molecule has 0 aromatic carbocycles. The van der Waals surface area contributed by atoms with E-state index in [1.165, 1.54) is 19.6 Å². The van der Waals surface area contributed by atoms with E-state index in [4.69, 9.17) is 24.8 Å². The highest BCUT2D eigenvalue weighted by atomic mass is 32.1. The Morgan fingerprint density at radius 2 is 1.72 bits per heavy atom. The lowest BCUT2D eigenvalue weighted by Gasteiger charge is -2.30. The van der Waals surface area contributed by atoms with Crippen molar-refractivity contribution in [3.8, 4) is 0 Å². The first kappa shape index (κ1) is 18.0. The van der Waals surface area contributed by atoms with Crippen LogP contribution in [0.15, 0.2) is 0 Å². The first-order valence-corrected chi connectivity index (χ1v) is 7.85. The molecule has 0 amide bonds. The number of quaternary nitrogens is 1. The van der Waals surface area contributed by atoms with Crippen molar-refractivity contribution >= 4 is 29.2 Å². The van der Waals surface area contributed by atoms with Crippen molar-refractivity contribution in [2.24, 2.45) is 0 Å². The Kier molecular flexibility index (Phi) is 10.9. The van der Waals surface area contributed by atoms with Crippen LogP contribution >= 0.6 is 12.2 Å². The van der Waals surface area contributed by atoms with Crippen molar-refractivity contribution in [1.29, 1.82) is 0 Å². The highest BCUT2D eigenvalue weighted by molar-refractivity contribution is 8.00. The summed E-state index contributed by atoms with van der Waals surface area (Å²) in [6, 6.07) is 0.105. The van der Waals surface area contributed by atoms with E-state index < -0.39 is 0 Å². The molecule has 0 radical (unpaired) electrons. The fraction of sp³-hybridized carbons (Fsp3) is 0.923. The summed E-state index contributed by atoms with van der Waals surface area (Å²) in [7, 11) is 0. The summed E-state index contributed by atoms with van der Waals surface area (Å²) in [5, 5.41) is 12.4. The van der Waals surface area contributed by atoms with Crippen LogP contribution in [-0.2, 0) is 12.6 Å². The van der Waals surface area contributed by atoms with E-state index in [-0.39, 0.29) is 12.1 Å². The lowest BCUT2D eigenvalue weighted by Crippen LogP contribution is -3.11. The van der Waals surface area contributed by atoms with E-state index in [1.54, 1.807) is 4.90 Å². The smallest absolute Gasteiger partial charge is 0.0742 e. The van der Waals surface area contributed by atoms with E-state index in [2.05, 4.69) is 26.1 Å². The zero-order chi connectivity index (χ0) is 14.0. The number of hydrogen-bond acceptors (Lipinski definition) is 3. The van der Waals surface area contributed by atoms with Gasteiger partial charge in [-0.2, -0.15) is 0 Å². The SMILES string of the molecule is CC[NH+](CC)CC.OC1CCCCC1NC(=S)[S-]. The molecular weight excluding hydrogens is 264 g/mol. The third-order valence-corrected chi connectivity index (χ3v) is 3.77. The number of hydrogen-bond donors (Lipinski definition) is 3. The van der Waals surface area contributed by atoms with Crippen LogP contribution in [0.5, 0.6) is 0 Å². The molecule has 0 heterocycles. The summed E-state index contributed by atoms with van der Waals surface area (Å²) in [6.45, 7) is 10.5. The second kappa shape index (κ2) is 10.9. The van der Waals surface area contributed by atoms with E-state index in [0.717, 1.165) is 25.7 Å². The van der Waals surface area contributed by atoms with Crippen LogP contribution in [0.3, 0.4) is 0 Å². The van der Waals surface area contributed by atoms with Gasteiger partial charge in [0.15, 0.2) is 0 Å². The molecule has 18 heavy (non-hydrogen) atoms. The van der Waals surface area contributed by atoms with Crippen molar-refractivity contribution in [3.05, 3.63) is 0 Å². The second-order valence-corrected chi connectivity index (χ2v) is 5.78.